The zero-order valence-electron chi connectivity index (χ0n) is 22.0. The molecule has 4 aromatic rings. The lowest BCUT2D eigenvalue weighted by Crippen LogP contribution is -2.52. The molecule has 0 saturated heterocycles. The molecule has 7 heteroatoms. The van der Waals surface area contributed by atoms with Crippen LogP contribution in [0.25, 0.3) is 11.1 Å². The first-order valence-corrected chi connectivity index (χ1v) is 13.4. The molecule has 0 aliphatic heterocycles. The van der Waals surface area contributed by atoms with Crippen LogP contribution < -0.4 is 10.6 Å². The maximum absolute atomic E-state index is 13.4. The molecule has 0 saturated carbocycles. The summed E-state index contributed by atoms with van der Waals surface area (Å²) in [5.41, 5.74) is 6.18. The molecular weight excluding hydrogens is 504 g/mol. The summed E-state index contributed by atoms with van der Waals surface area (Å²) in [5.74, 6) is -0.429. The number of hydrogen-bond acceptors (Lipinski definition) is 5. The number of carbonyl (C=O) groups is 2. The maximum atomic E-state index is 13.4. The molecular formula is C33H32N2O5. The molecule has 5 rings (SSSR count). The molecule has 7 nitrogen and oxygen atoms in total. The van der Waals surface area contributed by atoms with Gasteiger partial charge in [0.1, 0.15) is 18.4 Å². The number of ether oxygens (including phenoxy) is 1. The fraction of sp³-hybridized carbons (Fsp3) is 0.212. The van der Waals surface area contributed by atoms with E-state index in [-0.39, 0.29) is 31.3 Å². The molecule has 2 amide bonds. The number of benzene rings is 4. The number of aliphatic hydroxyl groups excluding tert-OH is 1. The first kappa shape index (κ1) is 27.0. The van der Waals surface area contributed by atoms with E-state index in [9.17, 15) is 19.8 Å². The molecule has 0 heterocycles. The summed E-state index contributed by atoms with van der Waals surface area (Å²) >= 11 is 0. The second-order valence-corrected chi connectivity index (χ2v) is 9.97. The normalized spacial score (nSPS) is 13.5. The highest BCUT2D eigenvalue weighted by atomic mass is 16.5. The van der Waals surface area contributed by atoms with Crippen LogP contribution in [0.15, 0.2) is 103 Å². The summed E-state index contributed by atoms with van der Waals surface area (Å²) in [6.45, 7) is -0.127. The summed E-state index contributed by atoms with van der Waals surface area (Å²) in [7, 11) is 0. The number of nitrogens with one attached hydrogen (secondary N) is 2. The SMILES string of the molecule is O=C(N[C@@H](Cc1ccc(O)cc1)C(=O)N[C@@H](CO)Cc1ccccc1)OCC1c2ccccc2-c2ccccc21. The molecule has 0 spiro atoms. The van der Waals surface area contributed by atoms with Crippen LogP contribution in [0, 0.1) is 0 Å². The quantitative estimate of drug-likeness (QED) is 0.238. The van der Waals surface area contributed by atoms with Gasteiger partial charge in [0.25, 0.3) is 0 Å². The lowest BCUT2D eigenvalue weighted by atomic mass is 9.98. The Balaban J connectivity index is 1.27. The average molecular weight is 537 g/mol. The van der Waals surface area contributed by atoms with Crippen molar-refractivity contribution in [3.63, 3.8) is 0 Å². The molecule has 0 bridgehead atoms. The van der Waals surface area contributed by atoms with Gasteiger partial charge in [0.2, 0.25) is 5.91 Å². The van der Waals surface area contributed by atoms with Gasteiger partial charge in [-0.05, 0) is 51.9 Å². The molecule has 2 atom stereocenters. The number of rotatable bonds is 10. The molecule has 40 heavy (non-hydrogen) atoms. The van der Waals surface area contributed by atoms with Crippen molar-refractivity contribution < 1.29 is 24.5 Å². The molecule has 0 unspecified atom stereocenters. The molecule has 4 aromatic carbocycles. The molecule has 0 radical (unpaired) electrons. The van der Waals surface area contributed by atoms with E-state index in [1.165, 1.54) is 12.1 Å². The predicted molar refractivity (Wildman–Crippen MR) is 153 cm³/mol. The Labute approximate surface area is 233 Å². The van der Waals surface area contributed by atoms with Crippen LogP contribution in [0.1, 0.15) is 28.2 Å². The van der Waals surface area contributed by atoms with Crippen molar-refractivity contribution in [2.24, 2.45) is 0 Å². The lowest BCUT2D eigenvalue weighted by molar-refractivity contribution is -0.124. The Kier molecular flexibility index (Phi) is 8.42. The topological polar surface area (TPSA) is 108 Å². The van der Waals surface area contributed by atoms with Crippen molar-refractivity contribution in [1.82, 2.24) is 10.6 Å². The first-order valence-electron chi connectivity index (χ1n) is 13.4. The smallest absolute Gasteiger partial charge is 0.407 e. The van der Waals surface area contributed by atoms with Crippen LogP contribution in [0.4, 0.5) is 4.79 Å². The number of hydrogen-bond donors (Lipinski definition) is 4. The van der Waals surface area contributed by atoms with Crippen molar-refractivity contribution in [2.45, 2.75) is 30.8 Å². The first-order chi connectivity index (χ1) is 19.5. The minimum Gasteiger partial charge on any atom is -0.508 e. The Morgan fingerprint density at radius 1 is 0.725 bits per heavy atom. The van der Waals surface area contributed by atoms with Crippen LogP contribution in [-0.2, 0) is 22.4 Å². The highest BCUT2D eigenvalue weighted by Gasteiger charge is 2.30. The predicted octanol–water partition coefficient (Wildman–Crippen LogP) is 4.56. The minimum absolute atomic E-state index is 0.104. The third-order valence-electron chi connectivity index (χ3n) is 7.22. The standard InChI is InChI=1S/C33H32N2O5/c36-20-24(18-22-8-2-1-3-9-22)34-32(38)31(19-23-14-16-25(37)17-15-23)35-33(39)40-21-30-28-12-6-4-10-26(28)27-11-5-7-13-29(27)30/h1-17,24,30-31,36-37H,18-21H2,(H,34,38)(H,35,39)/t24-,31+/m1/s1. The number of phenols is 1. The Hall–Kier alpha value is -4.62. The Morgan fingerprint density at radius 2 is 1.30 bits per heavy atom. The van der Waals surface area contributed by atoms with Gasteiger partial charge >= 0.3 is 6.09 Å². The largest absolute Gasteiger partial charge is 0.508 e. The van der Waals surface area contributed by atoms with Crippen LogP contribution in [0.2, 0.25) is 0 Å². The second kappa shape index (κ2) is 12.5. The highest BCUT2D eigenvalue weighted by Crippen LogP contribution is 2.44. The third kappa shape index (κ3) is 6.33. The number of phenolic OH excluding ortho intramolecular Hbond substituents is 1. The lowest BCUT2D eigenvalue weighted by Gasteiger charge is -2.23. The van der Waals surface area contributed by atoms with E-state index >= 15 is 0 Å². The van der Waals surface area contributed by atoms with E-state index < -0.39 is 24.1 Å². The monoisotopic (exact) mass is 536 g/mol. The van der Waals surface area contributed by atoms with E-state index in [0.717, 1.165) is 33.4 Å². The number of fused-ring (bicyclic) bond motifs is 3. The molecule has 204 valence electrons. The van der Waals surface area contributed by atoms with E-state index in [2.05, 4.69) is 22.8 Å². The summed E-state index contributed by atoms with van der Waals surface area (Å²) in [5, 5.41) is 25.2. The average Bonchev–Trinajstić information content (AvgIpc) is 3.30. The van der Waals surface area contributed by atoms with Gasteiger partial charge in [-0.25, -0.2) is 4.79 Å². The zero-order valence-corrected chi connectivity index (χ0v) is 22.0. The zero-order chi connectivity index (χ0) is 27.9. The number of aliphatic hydroxyl groups is 1. The Bertz CT molecular complexity index is 1410. The van der Waals surface area contributed by atoms with Gasteiger partial charge in [-0.1, -0.05) is 91.0 Å². The van der Waals surface area contributed by atoms with E-state index in [1.807, 2.05) is 66.7 Å². The van der Waals surface area contributed by atoms with Crippen LogP contribution >= 0.6 is 0 Å². The van der Waals surface area contributed by atoms with Gasteiger partial charge in [-0.15, -0.1) is 0 Å². The van der Waals surface area contributed by atoms with Crippen LogP contribution in [-0.4, -0.2) is 47.5 Å². The third-order valence-corrected chi connectivity index (χ3v) is 7.22. The number of alkyl carbamates (subject to hydrolysis) is 1. The molecule has 1 aliphatic carbocycles. The molecule has 0 aromatic heterocycles. The van der Waals surface area contributed by atoms with Crippen molar-refractivity contribution in [1.29, 1.82) is 0 Å². The number of carbonyl (C=O) groups excluding carboxylic acids is 2. The minimum atomic E-state index is -0.954. The maximum Gasteiger partial charge on any atom is 0.407 e. The number of amides is 2. The molecule has 0 fully saturated rings. The van der Waals surface area contributed by atoms with Gasteiger partial charge in [-0.3, -0.25) is 4.79 Å². The van der Waals surface area contributed by atoms with E-state index in [4.69, 9.17) is 4.74 Å². The molecule has 4 N–H and O–H groups in total. The van der Waals surface area contributed by atoms with Gasteiger partial charge in [-0.2, -0.15) is 0 Å². The van der Waals surface area contributed by atoms with Crippen molar-refractivity contribution in [3.8, 4) is 16.9 Å². The fourth-order valence-electron chi connectivity index (χ4n) is 5.22. The van der Waals surface area contributed by atoms with Crippen molar-refractivity contribution in [2.75, 3.05) is 13.2 Å². The Morgan fingerprint density at radius 3 is 1.93 bits per heavy atom. The summed E-state index contributed by atoms with van der Waals surface area (Å²) < 4.78 is 5.68. The molecule has 1 aliphatic rings. The highest BCUT2D eigenvalue weighted by molar-refractivity contribution is 5.86. The van der Waals surface area contributed by atoms with Crippen molar-refractivity contribution in [3.05, 3.63) is 125 Å². The van der Waals surface area contributed by atoms with Gasteiger partial charge < -0.3 is 25.6 Å². The van der Waals surface area contributed by atoms with Crippen molar-refractivity contribution >= 4 is 12.0 Å². The van der Waals surface area contributed by atoms with E-state index in [0.29, 0.717) is 6.42 Å². The summed E-state index contributed by atoms with van der Waals surface area (Å²) in [6, 6.07) is 30.7. The summed E-state index contributed by atoms with van der Waals surface area (Å²) in [4.78, 5) is 26.4. The number of aromatic hydroxyl groups is 1. The van der Waals surface area contributed by atoms with Crippen LogP contribution in [0.5, 0.6) is 5.75 Å². The van der Waals surface area contributed by atoms with Gasteiger partial charge in [0, 0.05) is 12.3 Å². The van der Waals surface area contributed by atoms with Crippen LogP contribution in [0.3, 0.4) is 0 Å². The van der Waals surface area contributed by atoms with Gasteiger partial charge in [0.05, 0.1) is 12.6 Å². The summed E-state index contributed by atoms with van der Waals surface area (Å²) in [6.07, 6.45) is -0.0795. The van der Waals surface area contributed by atoms with Gasteiger partial charge in [0.15, 0.2) is 0 Å². The van der Waals surface area contributed by atoms with E-state index in [1.54, 1.807) is 12.1 Å². The second-order valence-electron chi connectivity index (χ2n) is 9.97. The fourth-order valence-corrected chi connectivity index (χ4v) is 5.22.